The van der Waals surface area contributed by atoms with Crippen LogP contribution in [0.25, 0.3) is 0 Å². The number of hydrogen-bond donors (Lipinski definition) is 3. The summed E-state index contributed by atoms with van der Waals surface area (Å²) in [7, 11) is -2.98. The van der Waals surface area contributed by atoms with Crippen molar-refractivity contribution in [1.29, 1.82) is 0 Å². The molecule has 0 unspecified atom stereocenters. The molecule has 100 valence electrons. The molecule has 1 aromatic heterocycles. The summed E-state index contributed by atoms with van der Waals surface area (Å²) in [5, 5.41) is 2.87. The van der Waals surface area contributed by atoms with Gasteiger partial charge in [-0.3, -0.25) is 4.79 Å². The number of anilines is 2. The minimum atomic E-state index is -2.98. The van der Waals surface area contributed by atoms with Crippen LogP contribution < -0.4 is 16.8 Å². The van der Waals surface area contributed by atoms with E-state index in [9.17, 15) is 13.2 Å². The van der Waals surface area contributed by atoms with Crippen LogP contribution in [-0.4, -0.2) is 37.9 Å². The second-order valence-electron chi connectivity index (χ2n) is 3.91. The quantitative estimate of drug-likeness (QED) is 0.605. The zero-order valence-electron chi connectivity index (χ0n) is 10.0. The van der Waals surface area contributed by atoms with E-state index >= 15 is 0 Å². The molecule has 1 aromatic rings. The van der Waals surface area contributed by atoms with Crippen LogP contribution in [0.1, 0.15) is 16.9 Å². The number of hydrogen-bond acceptors (Lipinski definition) is 6. The molecule has 1 heterocycles. The molecule has 0 bridgehead atoms. The third-order valence-corrected chi connectivity index (χ3v) is 3.19. The second-order valence-corrected chi connectivity index (χ2v) is 6.17. The minimum absolute atomic E-state index is 0.0788. The van der Waals surface area contributed by atoms with Gasteiger partial charge in [-0.1, -0.05) is 0 Å². The van der Waals surface area contributed by atoms with E-state index < -0.39 is 15.7 Å². The fraction of sp³-hybridized carbons (Fsp3) is 0.400. The summed E-state index contributed by atoms with van der Waals surface area (Å²) >= 11 is 0. The van der Waals surface area contributed by atoms with E-state index in [4.69, 9.17) is 11.5 Å². The molecule has 5 N–H and O–H groups in total. The number of nitrogens with two attached hydrogens (primary N) is 2. The number of nitrogens with zero attached hydrogens (tertiary/aromatic N) is 1. The largest absolute Gasteiger partial charge is 0.396 e. The van der Waals surface area contributed by atoms with Crippen LogP contribution in [0.15, 0.2) is 12.1 Å². The zero-order chi connectivity index (χ0) is 13.8. The maximum atomic E-state index is 10.9. The van der Waals surface area contributed by atoms with Crippen LogP contribution in [0, 0.1) is 0 Å². The molecule has 0 saturated heterocycles. The van der Waals surface area contributed by atoms with E-state index in [1.54, 1.807) is 0 Å². The van der Waals surface area contributed by atoms with Gasteiger partial charge in [0.25, 0.3) is 5.91 Å². The topological polar surface area (TPSA) is 128 Å². The van der Waals surface area contributed by atoms with Gasteiger partial charge in [0.15, 0.2) is 0 Å². The number of amides is 1. The molecule has 0 aliphatic carbocycles. The van der Waals surface area contributed by atoms with Crippen LogP contribution in [0.4, 0.5) is 11.5 Å². The molecule has 0 aromatic carbocycles. The third-order valence-electron chi connectivity index (χ3n) is 2.16. The number of sulfone groups is 1. The van der Waals surface area contributed by atoms with Gasteiger partial charge in [0.05, 0.1) is 11.4 Å². The van der Waals surface area contributed by atoms with Gasteiger partial charge in [-0.25, -0.2) is 13.4 Å². The molecule has 0 atom stereocenters. The molecule has 0 radical (unpaired) electrons. The Hall–Kier alpha value is -1.83. The number of rotatable bonds is 6. The molecule has 0 saturated carbocycles. The smallest absolute Gasteiger partial charge is 0.267 e. The van der Waals surface area contributed by atoms with E-state index in [-0.39, 0.29) is 11.4 Å². The number of primary amides is 1. The van der Waals surface area contributed by atoms with Crippen molar-refractivity contribution in [2.24, 2.45) is 5.73 Å². The summed E-state index contributed by atoms with van der Waals surface area (Å²) in [5.41, 5.74) is 11.2. The summed E-state index contributed by atoms with van der Waals surface area (Å²) in [4.78, 5) is 14.9. The molecule has 1 amide bonds. The first-order valence-corrected chi connectivity index (χ1v) is 7.33. The van der Waals surface area contributed by atoms with Gasteiger partial charge >= 0.3 is 0 Å². The van der Waals surface area contributed by atoms with Crippen LogP contribution in [0.3, 0.4) is 0 Å². The molecule has 0 aliphatic rings. The Morgan fingerprint density at radius 1 is 1.44 bits per heavy atom. The molecule has 8 heteroatoms. The summed E-state index contributed by atoms with van der Waals surface area (Å²) in [6.07, 6.45) is 1.61. The molecule has 0 fully saturated rings. The number of nitrogen functional groups attached to an aromatic ring is 1. The van der Waals surface area contributed by atoms with Crippen molar-refractivity contribution in [3.8, 4) is 0 Å². The van der Waals surface area contributed by atoms with Gasteiger partial charge in [0.1, 0.15) is 21.3 Å². The van der Waals surface area contributed by atoms with Gasteiger partial charge in [-0.05, 0) is 18.6 Å². The van der Waals surface area contributed by atoms with Crippen molar-refractivity contribution >= 4 is 27.2 Å². The number of nitrogens with one attached hydrogen (secondary N) is 1. The molecule has 7 nitrogen and oxygen atoms in total. The van der Waals surface area contributed by atoms with E-state index in [1.807, 2.05) is 0 Å². The number of carbonyl (C=O) groups excluding carboxylic acids is 1. The van der Waals surface area contributed by atoms with Gasteiger partial charge in [0, 0.05) is 12.8 Å². The van der Waals surface area contributed by atoms with Crippen LogP contribution in [-0.2, 0) is 9.84 Å². The van der Waals surface area contributed by atoms with Crippen molar-refractivity contribution < 1.29 is 13.2 Å². The summed E-state index contributed by atoms with van der Waals surface area (Å²) in [6, 6.07) is 2.95. The highest BCUT2D eigenvalue weighted by molar-refractivity contribution is 7.90. The van der Waals surface area contributed by atoms with Gasteiger partial charge in [-0.15, -0.1) is 0 Å². The van der Waals surface area contributed by atoms with Gasteiger partial charge in [0.2, 0.25) is 0 Å². The average molecular weight is 272 g/mol. The maximum absolute atomic E-state index is 10.9. The summed E-state index contributed by atoms with van der Waals surface area (Å²) < 4.78 is 21.8. The van der Waals surface area contributed by atoms with Crippen molar-refractivity contribution in [2.75, 3.05) is 29.6 Å². The van der Waals surface area contributed by atoms with Crippen LogP contribution >= 0.6 is 0 Å². The fourth-order valence-electron chi connectivity index (χ4n) is 1.29. The highest BCUT2D eigenvalue weighted by Gasteiger charge is 2.07. The first-order valence-electron chi connectivity index (χ1n) is 5.27. The van der Waals surface area contributed by atoms with E-state index in [1.165, 1.54) is 18.4 Å². The molecule has 0 spiro atoms. The highest BCUT2D eigenvalue weighted by atomic mass is 32.2. The Morgan fingerprint density at radius 2 is 2.11 bits per heavy atom. The van der Waals surface area contributed by atoms with Crippen LogP contribution in [0.2, 0.25) is 0 Å². The number of pyridine rings is 1. The third kappa shape index (κ3) is 4.58. The zero-order valence-corrected chi connectivity index (χ0v) is 10.8. The molecular weight excluding hydrogens is 256 g/mol. The van der Waals surface area contributed by atoms with Gasteiger partial charge < -0.3 is 16.8 Å². The monoisotopic (exact) mass is 272 g/mol. The first kappa shape index (κ1) is 14.2. The lowest BCUT2D eigenvalue weighted by molar-refractivity contribution is 0.0995. The predicted octanol–water partition coefficient (Wildman–Crippen LogP) is -0.391. The van der Waals surface area contributed by atoms with Gasteiger partial charge in [-0.2, -0.15) is 0 Å². The van der Waals surface area contributed by atoms with E-state index in [2.05, 4.69) is 10.3 Å². The SMILES string of the molecule is CS(=O)(=O)CCCNc1nc(C(N)=O)ccc1N. The van der Waals surface area contributed by atoms with E-state index in [0.29, 0.717) is 24.5 Å². The van der Waals surface area contributed by atoms with Crippen molar-refractivity contribution in [3.05, 3.63) is 17.8 Å². The Morgan fingerprint density at radius 3 is 2.67 bits per heavy atom. The lowest BCUT2D eigenvalue weighted by atomic mass is 10.3. The Bertz CT molecular complexity index is 542. The molecule has 0 aliphatic heterocycles. The Balaban J connectivity index is 2.61. The van der Waals surface area contributed by atoms with Crippen molar-refractivity contribution in [3.63, 3.8) is 0 Å². The first-order chi connectivity index (χ1) is 8.29. The lowest BCUT2D eigenvalue weighted by Crippen LogP contribution is -2.16. The lowest BCUT2D eigenvalue weighted by Gasteiger charge is -2.08. The Kier molecular flexibility index (Phi) is 4.49. The minimum Gasteiger partial charge on any atom is -0.396 e. The summed E-state index contributed by atoms with van der Waals surface area (Å²) in [5.74, 6) is -0.232. The van der Waals surface area contributed by atoms with Crippen LogP contribution in [0.5, 0.6) is 0 Å². The number of carbonyl (C=O) groups is 1. The highest BCUT2D eigenvalue weighted by Crippen LogP contribution is 2.15. The predicted molar refractivity (Wildman–Crippen MR) is 70.0 cm³/mol. The Labute approximate surface area is 105 Å². The second kappa shape index (κ2) is 5.67. The molecule has 18 heavy (non-hydrogen) atoms. The van der Waals surface area contributed by atoms with Crippen molar-refractivity contribution in [2.45, 2.75) is 6.42 Å². The summed E-state index contributed by atoms with van der Waals surface area (Å²) in [6.45, 7) is 0.395. The van der Waals surface area contributed by atoms with E-state index in [0.717, 1.165) is 0 Å². The maximum Gasteiger partial charge on any atom is 0.267 e. The molecule has 1 rings (SSSR count). The fourth-order valence-corrected chi connectivity index (χ4v) is 1.96. The normalized spacial score (nSPS) is 11.2. The molecular formula is C10H16N4O3S. The number of aromatic nitrogens is 1. The van der Waals surface area contributed by atoms with Crippen molar-refractivity contribution in [1.82, 2.24) is 4.98 Å². The average Bonchev–Trinajstić information content (AvgIpc) is 2.24. The standard InChI is InChI=1S/C10H16N4O3S/c1-18(16,17)6-2-5-13-10-7(11)3-4-8(14-10)9(12)15/h3-4H,2,5-6,11H2,1H3,(H2,12,15)(H,13,14).